The lowest BCUT2D eigenvalue weighted by atomic mass is 10.1. The average molecular weight is 292 g/mol. The van der Waals surface area contributed by atoms with Gasteiger partial charge in [0.15, 0.2) is 0 Å². The van der Waals surface area contributed by atoms with Crippen molar-refractivity contribution >= 4 is 11.3 Å². The first kappa shape index (κ1) is 13.4. The average Bonchev–Trinajstić information content (AvgIpc) is 2.91. The van der Waals surface area contributed by atoms with Crippen LogP contribution in [0.2, 0.25) is 0 Å². The van der Waals surface area contributed by atoms with Gasteiger partial charge in [-0.05, 0) is 6.92 Å². The van der Waals surface area contributed by atoms with E-state index in [4.69, 9.17) is 4.74 Å². The Labute approximate surface area is 120 Å². The van der Waals surface area contributed by atoms with Gasteiger partial charge in [-0.25, -0.2) is 9.97 Å². The lowest BCUT2D eigenvalue weighted by Crippen LogP contribution is -2.40. The van der Waals surface area contributed by atoms with Gasteiger partial charge in [-0.2, -0.15) is 0 Å². The molecule has 0 amide bonds. The van der Waals surface area contributed by atoms with E-state index in [1.54, 1.807) is 24.3 Å². The molecule has 0 saturated carbocycles. The van der Waals surface area contributed by atoms with Crippen molar-refractivity contribution in [1.82, 2.24) is 19.9 Å². The van der Waals surface area contributed by atoms with Crippen molar-refractivity contribution in [3.05, 3.63) is 44.5 Å². The van der Waals surface area contributed by atoms with Crippen LogP contribution < -0.4 is 5.56 Å². The van der Waals surface area contributed by atoms with Crippen LogP contribution in [0.4, 0.5) is 0 Å². The lowest BCUT2D eigenvalue weighted by molar-refractivity contribution is -0.0148. The Bertz CT molecular complexity index is 626. The molecule has 0 radical (unpaired) electrons. The molecule has 2 aromatic rings. The highest BCUT2D eigenvalue weighted by molar-refractivity contribution is 7.07. The van der Waals surface area contributed by atoms with Gasteiger partial charge in [0.2, 0.25) is 0 Å². The van der Waals surface area contributed by atoms with Gasteiger partial charge in [0.05, 0.1) is 36.2 Å². The molecule has 1 aliphatic heterocycles. The number of aromatic nitrogens is 3. The van der Waals surface area contributed by atoms with Crippen LogP contribution in [0.15, 0.2) is 21.8 Å². The molecule has 0 aromatic carbocycles. The molecule has 0 aliphatic carbocycles. The molecule has 2 aromatic heterocycles. The van der Waals surface area contributed by atoms with E-state index < -0.39 is 0 Å². The fraction of sp³-hybridized carbons (Fsp3) is 0.462. The number of hydrogen-bond acceptors (Lipinski definition) is 6. The predicted octanol–water partition coefficient (Wildman–Crippen LogP) is 1.11. The van der Waals surface area contributed by atoms with Gasteiger partial charge in [0.1, 0.15) is 5.82 Å². The normalized spacial score (nSPS) is 20.1. The zero-order valence-electron chi connectivity index (χ0n) is 11.2. The number of morpholine rings is 1. The zero-order chi connectivity index (χ0) is 13.9. The Morgan fingerprint density at radius 1 is 1.60 bits per heavy atom. The Hall–Kier alpha value is -1.57. The number of ether oxygens (including phenoxy) is 1. The molecule has 20 heavy (non-hydrogen) atoms. The highest BCUT2D eigenvalue weighted by Gasteiger charge is 2.26. The number of aromatic amines is 1. The maximum absolute atomic E-state index is 11.6. The quantitative estimate of drug-likeness (QED) is 0.917. The van der Waals surface area contributed by atoms with Crippen molar-refractivity contribution in [3.63, 3.8) is 0 Å². The largest absolute Gasteiger partial charge is 0.378 e. The topological polar surface area (TPSA) is 71.1 Å². The van der Waals surface area contributed by atoms with Crippen molar-refractivity contribution in [2.45, 2.75) is 19.5 Å². The number of thiazole rings is 1. The first-order chi connectivity index (χ1) is 9.72. The van der Waals surface area contributed by atoms with Crippen molar-refractivity contribution in [1.29, 1.82) is 0 Å². The second kappa shape index (κ2) is 5.82. The summed E-state index contributed by atoms with van der Waals surface area (Å²) in [6.07, 6.45) is 0. The molecule has 1 N–H and O–H groups in total. The minimum absolute atomic E-state index is 0.00597. The minimum atomic E-state index is -0.119. The van der Waals surface area contributed by atoms with Gasteiger partial charge in [0, 0.05) is 24.5 Å². The molecule has 0 spiro atoms. The van der Waals surface area contributed by atoms with E-state index in [0.717, 1.165) is 24.5 Å². The Morgan fingerprint density at radius 2 is 2.50 bits per heavy atom. The molecule has 6 nitrogen and oxygen atoms in total. The van der Waals surface area contributed by atoms with Crippen LogP contribution in [0.25, 0.3) is 0 Å². The maximum atomic E-state index is 11.6. The van der Waals surface area contributed by atoms with Crippen molar-refractivity contribution in [2.75, 3.05) is 19.8 Å². The monoisotopic (exact) mass is 292 g/mol. The maximum Gasteiger partial charge on any atom is 0.251 e. The van der Waals surface area contributed by atoms with E-state index in [1.165, 1.54) is 0 Å². The summed E-state index contributed by atoms with van der Waals surface area (Å²) in [4.78, 5) is 25.3. The summed E-state index contributed by atoms with van der Waals surface area (Å²) in [5.74, 6) is 0.631. The van der Waals surface area contributed by atoms with E-state index in [9.17, 15) is 4.79 Å². The van der Waals surface area contributed by atoms with Gasteiger partial charge in [-0.3, -0.25) is 9.69 Å². The number of aryl methyl sites for hydroxylation is 1. The van der Waals surface area contributed by atoms with Crippen LogP contribution >= 0.6 is 11.3 Å². The highest BCUT2D eigenvalue weighted by Crippen LogP contribution is 2.23. The van der Waals surface area contributed by atoms with Crippen molar-refractivity contribution in [3.8, 4) is 0 Å². The van der Waals surface area contributed by atoms with Crippen LogP contribution in [0.5, 0.6) is 0 Å². The Morgan fingerprint density at radius 3 is 3.25 bits per heavy atom. The van der Waals surface area contributed by atoms with Crippen molar-refractivity contribution in [2.24, 2.45) is 0 Å². The van der Waals surface area contributed by atoms with E-state index in [0.29, 0.717) is 19.0 Å². The molecule has 106 valence electrons. The Balaban J connectivity index is 1.86. The van der Waals surface area contributed by atoms with E-state index in [2.05, 4.69) is 19.9 Å². The van der Waals surface area contributed by atoms with Gasteiger partial charge >= 0.3 is 0 Å². The molecule has 0 bridgehead atoms. The summed E-state index contributed by atoms with van der Waals surface area (Å²) in [6, 6.07) is 1.56. The van der Waals surface area contributed by atoms with Crippen molar-refractivity contribution < 1.29 is 4.74 Å². The van der Waals surface area contributed by atoms with E-state index in [1.807, 2.05) is 10.9 Å². The first-order valence-corrected chi connectivity index (χ1v) is 7.43. The van der Waals surface area contributed by atoms with E-state index in [-0.39, 0.29) is 11.6 Å². The number of H-pyrrole nitrogens is 1. The Kier molecular flexibility index (Phi) is 3.90. The van der Waals surface area contributed by atoms with Gasteiger partial charge in [-0.15, -0.1) is 11.3 Å². The van der Waals surface area contributed by atoms with Gasteiger partial charge in [0.25, 0.3) is 5.56 Å². The zero-order valence-corrected chi connectivity index (χ0v) is 12.0. The fourth-order valence-corrected chi connectivity index (χ4v) is 2.95. The third-order valence-electron chi connectivity index (χ3n) is 3.31. The molecule has 1 saturated heterocycles. The number of rotatable bonds is 3. The summed E-state index contributed by atoms with van der Waals surface area (Å²) in [7, 11) is 0. The number of nitrogens with zero attached hydrogens (tertiary/aromatic N) is 3. The SMILES string of the molecule is Cc1nc(C2COCCN2Cc2cscn2)cc(=O)[nH]1. The van der Waals surface area contributed by atoms with Crippen LogP contribution in [-0.2, 0) is 11.3 Å². The minimum Gasteiger partial charge on any atom is -0.378 e. The number of nitrogens with one attached hydrogen (secondary N) is 1. The molecule has 3 rings (SSSR count). The van der Waals surface area contributed by atoms with Crippen LogP contribution in [0.1, 0.15) is 23.3 Å². The van der Waals surface area contributed by atoms with Gasteiger partial charge < -0.3 is 9.72 Å². The molecule has 1 atom stereocenters. The smallest absolute Gasteiger partial charge is 0.251 e. The van der Waals surface area contributed by atoms with Crippen LogP contribution in [-0.4, -0.2) is 39.6 Å². The van der Waals surface area contributed by atoms with Gasteiger partial charge in [-0.1, -0.05) is 0 Å². The standard InChI is InChI=1S/C13H16N4O2S/c1-9-15-11(4-13(18)16-9)12-6-19-3-2-17(12)5-10-7-20-8-14-10/h4,7-8,12H,2-3,5-6H2,1H3,(H,15,16,18). The van der Waals surface area contributed by atoms with Crippen LogP contribution in [0, 0.1) is 6.92 Å². The van der Waals surface area contributed by atoms with Crippen LogP contribution in [0.3, 0.4) is 0 Å². The third-order valence-corrected chi connectivity index (χ3v) is 3.94. The van der Waals surface area contributed by atoms with E-state index >= 15 is 0 Å². The summed E-state index contributed by atoms with van der Waals surface area (Å²) >= 11 is 1.59. The fourth-order valence-electron chi connectivity index (χ4n) is 2.40. The first-order valence-electron chi connectivity index (χ1n) is 6.49. The molecule has 3 heterocycles. The molecule has 7 heteroatoms. The second-order valence-electron chi connectivity index (χ2n) is 4.80. The highest BCUT2D eigenvalue weighted by atomic mass is 32.1. The lowest BCUT2D eigenvalue weighted by Gasteiger charge is -2.34. The summed E-state index contributed by atoms with van der Waals surface area (Å²) in [5, 5.41) is 2.04. The molecular formula is C13H16N4O2S. The summed E-state index contributed by atoms with van der Waals surface area (Å²) in [5.41, 5.74) is 3.52. The molecule has 1 fully saturated rings. The molecule has 1 unspecified atom stereocenters. The predicted molar refractivity (Wildman–Crippen MR) is 75.7 cm³/mol. The second-order valence-corrected chi connectivity index (χ2v) is 5.52. The summed E-state index contributed by atoms with van der Waals surface area (Å²) in [6.45, 7) is 4.61. The third kappa shape index (κ3) is 2.95. The molecular weight excluding hydrogens is 276 g/mol. The number of hydrogen-bond donors (Lipinski definition) is 1. The molecule has 1 aliphatic rings. The summed E-state index contributed by atoms with van der Waals surface area (Å²) < 4.78 is 5.55.